The molecule has 0 unspecified atom stereocenters. The highest BCUT2D eigenvalue weighted by molar-refractivity contribution is 9.11. The third-order valence-corrected chi connectivity index (χ3v) is 3.55. The normalized spacial score (nSPS) is 9.11. The molecule has 8 heteroatoms. The van der Waals surface area contributed by atoms with Gasteiger partial charge >= 0.3 is 0 Å². The quantitative estimate of drug-likeness (QED) is 0.484. The Labute approximate surface area is 125 Å². The molecule has 19 heavy (non-hydrogen) atoms. The molecule has 0 amide bonds. The lowest BCUT2D eigenvalue weighted by Crippen LogP contribution is -1.99. The van der Waals surface area contributed by atoms with Gasteiger partial charge in [-0.1, -0.05) is 0 Å². The summed E-state index contributed by atoms with van der Waals surface area (Å²) in [5.74, 6) is 0. The van der Waals surface area contributed by atoms with Crippen molar-refractivity contribution in [2.75, 3.05) is 5.32 Å². The number of benzene rings is 1. The van der Waals surface area contributed by atoms with Gasteiger partial charge in [0, 0.05) is 6.20 Å². The molecule has 0 aliphatic carbocycles. The van der Waals surface area contributed by atoms with Gasteiger partial charge in [-0.15, -0.1) is 0 Å². The molecule has 0 fully saturated rings. The topological polar surface area (TPSA) is 103 Å². The number of nitrogens with zero attached hydrogens (tertiary/aromatic N) is 3. The van der Waals surface area contributed by atoms with E-state index in [2.05, 4.69) is 37.2 Å². The van der Waals surface area contributed by atoms with Gasteiger partial charge in [0.2, 0.25) is 0 Å². The van der Waals surface area contributed by atoms with Crippen LogP contribution in [0.15, 0.2) is 26.8 Å². The number of halogens is 2. The summed E-state index contributed by atoms with van der Waals surface area (Å²) >= 11 is 6.27. The summed E-state index contributed by atoms with van der Waals surface area (Å²) in [7, 11) is 0. The van der Waals surface area contributed by atoms with Crippen molar-refractivity contribution in [3.63, 3.8) is 0 Å². The van der Waals surface area contributed by atoms with E-state index in [0.717, 1.165) is 5.56 Å². The Morgan fingerprint density at radius 3 is 2.53 bits per heavy atom. The Morgan fingerprint density at radius 2 is 2.05 bits per heavy atom. The number of hydrogen-bond donors (Lipinski definition) is 1. The van der Waals surface area contributed by atoms with Crippen molar-refractivity contribution in [3.05, 3.63) is 42.5 Å². The number of anilines is 1. The van der Waals surface area contributed by atoms with Gasteiger partial charge in [-0.05, 0) is 50.4 Å². The van der Waals surface area contributed by atoms with Crippen LogP contribution in [0, 0.1) is 39.7 Å². The first-order valence-corrected chi connectivity index (χ1v) is 6.40. The molecule has 0 aromatic heterocycles. The summed E-state index contributed by atoms with van der Waals surface area (Å²) in [6, 6.07) is 4.96. The zero-order chi connectivity index (χ0) is 14.6. The first-order valence-electron chi connectivity index (χ1n) is 4.82. The van der Waals surface area contributed by atoms with E-state index in [1.54, 1.807) is 25.1 Å². The van der Waals surface area contributed by atoms with E-state index in [4.69, 9.17) is 10.5 Å². The SMILES string of the molecule is Cc1cc(Br)c([N+](=O)[O-])c(Br)c1NC=C(C#N)C#N. The van der Waals surface area contributed by atoms with Crippen LogP contribution in [0.25, 0.3) is 0 Å². The van der Waals surface area contributed by atoms with Crippen LogP contribution in [0.4, 0.5) is 11.4 Å². The second kappa shape index (κ2) is 6.32. The highest BCUT2D eigenvalue weighted by Gasteiger charge is 2.21. The Morgan fingerprint density at radius 1 is 1.47 bits per heavy atom. The maximum atomic E-state index is 11.0. The summed E-state index contributed by atoms with van der Waals surface area (Å²) in [4.78, 5) is 10.4. The lowest BCUT2D eigenvalue weighted by atomic mass is 10.2. The number of hydrogen-bond acceptors (Lipinski definition) is 5. The molecule has 0 aliphatic heterocycles. The lowest BCUT2D eigenvalue weighted by Gasteiger charge is -2.10. The summed E-state index contributed by atoms with van der Waals surface area (Å²) in [5.41, 5.74) is 0.891. The Kier molecular flexibility index (Phi) is 5.04. The monoisotopic (exact) mass is 384 g/mol. The van der Waals surface area contributed by atoms with Crippen molar-refractivity contribution < 1.29 is 4.92 Å². The first kappa shape index (κ1) is 15.2. The summed E-state index contributed by atoms with van der Waals surface area (Å²) in [6.45, 7) is 1.74. The highest BCUT2D eigenvalue weighted by Crippen LogP contribution is 2.40. The minimum Gasteiger partial charge on any atom is -0.358 e. The van der Waals surface area contributed by atoms with Gasteiger partial charge in [0.1, 0.15) is 22.2 Å². The molecule has 0 saturated heterocycles. The van der Waals surface area contributed by atoms with E-state index >= 15 is 0 Å². The van der Waals surface area contributed by atoms with Crippen molar-refractivity contribution >= 4 is 43.2 Å². The van der Waals surface area contributed by atoms with Crippen LogP contribution < -0.4 is 5.32 Å². The molecule has 0 heterocycles. The van der Waals surface area contributed by atoms with Crippen molar-refractivity contribution in [3.8, 4) is 12.1 Å². The third kappa shape index (κ3) is 3.31. The molecule has 0 aliphatic rings. The first-order chi connectivity index (χ1) is 8.92. The number of rotatable bonds is 3. The molecule has 6 nitrogen and oxygen atoms in total. The highest BCUT2D eigenvalue weighted by atomic mass is 79.9. The number of nitrogens with one attached hydrogen (secondary N) is 1. The van der Waals surface area contributed by atoms with Gasteiger partial charge in [-0.25, -0.2) is 0 Å². The number of nitro benzene ring substituents is 1. The fraction of sp³-hybridized carbons (Fsp3) is 0.0909. The maximum absolute atomic E-state index is 11.0. The summed E-state index contributed by atoms with van der Waals surface area (Å²) in [5, 5.41) is 30.9. The lowest BCUT2D eigenvalue weighted by molar-refractivity contribution is -0.386. The van der Waals surface area contributed by atoms with Crippen LogP contribution in [0.2, 0.25) is 0 Å². The van der Waals surface area contributed by atoms with Gasteiger partial charge in [0.25, 0.3) is 5.69 Å². The minimum absolute atomic E-state index is 0.128. The summed E-state index contributed by atoms with van der Waals surface area (Å²) in [6.07, 6.45) is 1.20. The van der Waals surface area contributed by atoms with Crippen LogP contribution in [0.3, 0.4) is 0 Å². The van der Waals surface area contributed by atoms with Gasteiger partial charge in [0.05, 0.1) is 15.1 Å². The fourth-order valence-electron chi connectivity index (χ4n) is 1.31. The van der Waals surface area contributed by atoms with Crippen LogP contribution in [0.1, 0.15) is 5.56 Å². The smallest absolute Gasteiger partial charge is 0.299 e. The molecule has 1 aromatic rings. The van der Waals surface area contributed by atoms with Crippen molar-refractivity contribution in [2.24, 2.45) is 0 Å². The van der Waals surface area contributed by atoms with Crippen LogP contribution in [-0.2, 0) is 0 Å². The number of aryl methyl sites for hydroxylation is 1. The number of allylic oxidation sites excluding steroid dienone is 1. The predicted octanol–water partition coefficient (Wildman–Crippen LogP) is 3.77. The van der Waals surface area contributed by atoms with E-state index in [1.807, 2.05) is 0 Å². The molecular weight excluding hydrogens is 380 g/mol. The van der Waals surface area contributed by atoms with E-state index in [9.17, 15) is 10.1 Å². The predicted molar refractivity (Wildman–Crippen MR) is 76.2 cm³/mol. The Balaban J connectivity index is 3.35. The standard InChI is InChI=1S/C11H6Br2N4O2/c1-6-2-8(12)11(17(18)19)9(13)10(6)16-5-7(3-14)4-15/h2,5,16H,1H3. The van der Waals surface area contributed by atoms with Crippen LogP contribution in [0.5, 0.6) is 0 Å². The molecule has 0 atom stereocenters. The van der Waals surface area contributed by atoms with E-state index in [0.29, 0.717) is 10.2 Å². The number of nitriles is 2. The zero-order valence-electron chi connectivity index (χ0n) is 9.57. The molecule has 0 saturated carbocycles. The van der Waals surface area contributed by atoms with Gasteiger partial charge < -0.3 is 5.32 Å². The fourth-order valence-corrected chi connectivity index (χ4v) is 3.04. The van der Waals surface area contributed by atoms with E-state index in [1.165, 1.54) is 6.20 Å². The average molecular weight is 386 g/mol. The molecule has 0 bridgehead atoms. The van der Waals surface area contributed by atoms with Crippen LogP contribution >= 0.6 is 31.9 Å². The second-order valence-corrected chi connectivity index (χ2v) is 5.04. The molecule has 1 rings (SSSR count). The molecule has 0 spiro atoms. The molecule has 96 valence electrons. The van der Waals surface area contributed by atoms with E-state index < -0.39 is 4.92 Å². The molecule has 0 radical (unpaired) electrons. The summed E-state index contributed by atoms with van der Waals surface area (Å²) < 4.78 is 0.591. The van der Waals surface area contributed by atoms with Gasteiger partial charge in [-0.3, -0.25) is 10.1 Å². The van der Waals surface area contributed by atoms with Gasteiger partial charge in [-0.2, -0.15) is 10.5 Å². The van der Waals surface area contributed by atoms with Crippen molar-refractivity contribution in [1.29, 1.82) is 10.5 Å². The van der Waals surface area contributed by atoms with Crippen molar-refractivity contribution in [2.45, 2.75) is 6.92 Å². The average Bonchev–Trinajstić information content (AvgIpc) is 2.32. The van der Waals surface area contributed by atoms with Crippen molar-refractivity contribution in [1.82, 2.24) is 0 Å². The molecule has 1 N–H and O–H groups in total. The molecule has 1 aromatic carbocycles. The molecular formula is C11H6Br2N4O2. The Bertz CT molecular complexity index is 640. The number of nitro groups is 1. The van der Waals surface area contributed by atoms with Gasteiger partial charge in [0.15, 0.2) is 0 Å². The second-order valence-electron chi connectivity index (χ2n) is 3.40. The third-order valence-electron chi connectivity index (χ3n) is 2.18. The maximum Gasteiger partial charge on any atom is 0.299 e. The Hall–Kier alpha value is -1.90. The minimum atomic E-state index is -0.530. The van der Waals surface area contributed by atoms with Crippen LogP contribution in [-0.4, -0.2) is 4.92 Å². The largest absolute Gasteiger partial charge is 0.358 e. The van der Waals surface area contributed by atoms with E-state index in [-0.39, 0.29) is 15.7 Å². The zero-order valence-corrected chi connectivity index (χ0v) is 12.7.